The number of aliphatic hydroxyl groups excluding tert-OH is 7. The van der Waals surface area contributed by atoms with E-state index >= 15 is 0 Å². The normalized spacial score (nSPS) is 32.5. The van der Waals surface area contributed by atoms with Gasteiger partial charge in [0.1, 0.15) is 78.6 Å². The zero-order valence-electron chi connectivity index (χ0n) is 33.7. The van der Waals surface area contributed by atoms with Gasteiger partial charge in [-0.15, -0.1) is 0 Å². The Morgan fingerprint density at radius 2 is 1.16 bits per heavy atom. The third-order valence-electron chi connectivity index (χ3n) is 12.0. The number of hydrogen-bond acceptors (Lipinski definition) is 14. The van der Waals surface area contributed by atoms with Crippen LogP contribution < -0.4 is 9.47 Å². The van der Waals surface area contributed by atoms with Gasteiger partial charge in [-0.25, -0.2) is 0 Å². The molecule has 8 rings (SSSR count). The van der Waals surface area contributed by atoms with E-state index in [2.05, 4.69) is 0 Å². The monoisotopic (exact) mass is 898 g/mol. The highest BCUT2D eigenvalue weighted by Crippen LogP contribution is 2.43. The molecule has 334 valence electrons. The Morgan fingerprint density at radius 3 is 1.71 bits per heavy atom. The topological polar surface area (TPSA) is 206 Å². The van der Waals surface area contributed by atoms with Crippen molar-refractivity contribution in [3.8, 4) is 11.5 Å². The van der Waals surface area contributed by atoms with Crippen molar-refractivity contribution in [1.29, 1.82) is 0 Å². The summed E-state index contributed by atoms with van der Waals surface area (Å²) < 4.78 is 41.6. The summed E-state index contributed by atoms with van der Waals surface area (Å²) in [6.07, 6.45) is -11.9. The van der Waals surface area contributed by atoms with Gasteiger partial charge in [-0.1, -0.05) is 65.7 Å². The second kappa shape index (κ2) is 19.8. The van der Waals surface area contributed by atoms with Crippen LogP contribution in [0.25, 0.3) is 0 Å². The predicted molar refractivity (Wildman–Crippen MR) is 224 cm³/mol. The Balaban J connectivity index is 1.02. The first-order chi connectivity index (χ1) is 29.9. The van der Waals surface area contributed by atoms with Crippen LogP contribution in [-0.2, 0) is 42.3 Å². The first kappa shape index (κ1) is 45.2. The highest BCUT2D eigenvalue weighted by atomic mass is 35.5. The molecular weight excluding hydrogens is 847 g/mol. The average molecular weight is 900 g/mol. The van der Waals surface area contributed by atoms with Gasteiger partial charge in [-0.05, 0) is 83.1 Å². The Hall–Kier alpha value is -3.42. The molecule has 62 heavy (non-hydrogen) atoms. The molecule has 0 aliphatic carbocycles. The smallest absolute Gasteiger partial charge is 0.225 e. The largest absolute Gasteiger partial charge is 0.488 e. The lowest BCUT2D eigenvalue weighted by molar-refractivity contribution is -0.381. The lowest BCUT2D eigenvalue weighted by Crippen LogP contribution is -2.65. The summed E-state index contributed by atoms with van der Waals surface area (Å²) >= 11 is 13.4. The minimum absolute atomic E-state index is 0.00978. The van der Waals surface area contributed by atoms with Crippen LogP contribution in [0.2, 0.25) is 10.0 Å². The molecule has 0 aromatic heterocycles. The molecule has 4 saturated heterocycles. The molecule has 4 heterocycles. The number of aliphatic hydroxyl groups is 7. The first-order valence-corrected chi connectivity index (χ1v) is 21.6. The van der Waals surface area contributed by atoms with Crippen molar-refractivity contribution in [1.82, 2.24) is 0 Å². The van der Waals surface area contributed by atoms with E-state index in [1.807, 2.05) is 48.5 Å². The average Bonchev–Trinajstić information content (AvgIpc) is 4.01. The number of benzene rings is 4. The number of halogens is 2. The van der Waals surface area contributed by atoms with Gasteiger partial charge in [0.05, 0.1) is 39.6 Å². The second-order valence-electron chi connectivity index (χ2n) is 16.3. The lowest BCUT2D eigenvalue weighted by atomic mass is 9.86. The molecule has 4 aromatic carbocycles. The Bertz CT molecular complexity index is 2090. The molecule has 16 heteroatoms. The van der Waals surface area contributed by atoms with Gasteiger partial charge in [-0.2, -0.15) is 0 Å². The molecule has 12 atom stereocenters. The van der Waals surface area contributed by atoms with Gasteiger partial charge >= 0.3 is 0 Å². The zero-order valence-corrected chi connectivity index (χ0v) is 35.3. The summed E-state index contributed by atoms with van der Waals surface area (Å²) in [4.78, 5) is 0. The predicted octanol–water partition coefficient (Wildman–Crippen LogP) is 3.38. The van der Waals surface area contributed by atoms with Crippen LogP contribution in [0.15, 0.2) is 84.9 Å². The van der Waals surface area contributed by atoms with Crippen LogP contribution in [-0.4, -0.2) is 136 Å². The minimum Gasteiger partial charge on any atom is -0.488 e. The SMILES string of the molecule is OC[C@H]1OC(OC[C@H]2OC(c3ccc(Cl)c(Cc4ccc(O[C@H]5CCOC5)cc4)c3)[C@H](O)[C@@H](O)[C@@H]2O)(c2ccc(Cl)c(Cc3ccc(O[C@H]4CCOC4)cc3)c2)[C@H](O)[C@@H](O)[C@@H]1O. The van der Waals surface area contributed by atoms with Crippen LogP contribution >= 0.6 is 23.2 Å². The molecule has 4 aromatic rings. The van der Waals surface area contributed by atoms with Crippen molar-refractivity contribution in [3.63, 3.8) is 0 Å². The zero-order chi connectivity index (χ0) is 43.5. The van der Waals surface area contributed by atoms with E-state index in [-0.39, 0.29) is 17.8 Å². The summed E-state index contributed by atoms with van der Waals surface area (Å²) in [7, 11) is 0. The second-order valence-corrected chi connectivity index (χ2v) is 17.1. The third kappa shape index (κ3) is 9.80. The third-order valence-corrected chi connectivity index (χ3v) is 12.7. The van der Waals surface area contributed by atoms with E-state index in [4.69, 9.17) is 56.4 Å². The molecular formula is C46H52Cl2O14. The van der Waals surface area contributed by atoms with Crippen molar-refractivity contribution in [2.45, 2.75) is 98.6 Å². The molecule has 7 N–H and O–H groups in total. The van der Waals surface area contributed by atoms with Crippen molar-refractivity contribution in [2.75, 3.05) is 39.6 Å². The molecule has 4 aliphatic heterocycles. The van der Waals surface area contributed by atoms with Gasteiger partial charge < -0.3 is 68.9 Å². The molecule has 0 spiro atoms. The van der Waals surface area contributed by atoms with Crippen molar-refractivity contribution in [3.05, 3.63) is 128 Å². The van der Waals surface area contributed by atoms with Crippen LogP contribution in [0.1, 0.15) is 52.3 Å². The van der Waals surface area contributed by atoms with Gasteiger partial charge in [0, 0.05) is 28.5 Å². The minimum atomic E-state index is -2.26. The van der Waals surface area contributed by atoms with Crippen LogP contribution in [0.4, 0.5) is 0 Å². The van der Waals surface area contributed by atoms with Gasteiger partial charge in [0.25, 0.3) is 0 Å². The van der Waals surface area contributed by atoms with E-state index in [0.717, 1.165) is 29.7 Å². The Labute approximate surface area is 369 Å². The van der Waals surface area contributed by atoms with E-state index in [1.165, 1.54) is 6.07 Å². The Morgan fingerprint density at radius 1 is 0.613 bits per heavy atom. The van der Waals surface area contributed by atoms with Crippen molar-refractivity contribution >= 4 is 23.2 Å². The molecule has 0 radical (unpaired) electrons. The van der Waals surface area contributed by atoms with E-state index in [1.54, 1.807) is 30.3 Å². The fourth-order valence-electron chi connectivity index (χ4n) is 8.39. The molecule has 4 aliphatic rings. The van der Waals surface area contributed by atoms with Gasteiger partial charge in [0.15, 0.2) is 0 Å². The summed E-state index contributed by atoms with van der Waals surface area (Å²) in [5.41, 5.74) is 3.77. The first-order valence-electron chi connectivity index (χ1n) is 20.8. The lowest BCUT2D eigenvalue weighted by Gasteiger charge is -2.49. The number of rotatable bonds is 14. The molecule has 2 unspecified atom stereocenters. The molecule has 14 nitrogen and oxygen atoms in total. The van der Waals surface area contributed by atoms with Crippen molar-refractivity contribution in [2.24, 2.45) is 0 Å². The van der Waals surface area contributed by atoms with Gasteiger partial charge in [0.2, 0.25) is 5.79 Å². The highest BCUT2D eigenvalue weighted by Gasteiger charge is 2.57. The standard InChI is InChI=1S/C46H52Cl2O14/c47-35-11-5-27(19-28(35)17-25-1-7-31(8-2-25)59-33-13-15-56-22-33)44-42(53)41(52)40(51)38(61-44)24-58-46(45(55)43(54)39(50)37(21-49)62-46)30-6-12-36(48)29(20-30)18-26-3-9-32(10-4-26)60-34-14-16-57-23-34/h1-12,19-20,33-34,37-45,49-55H,13-18,21-24H2/t33-,34-,37+,38+,39+,40+,41-,42+,43-,44?,45+,46?/m0/s1. The molecule has 0 amide bonds. The highest BCUT2D eigenvalue weighted by molar-refractivity contribution is 6.31. The summed E-state index contributed by atoms with van der Waals surface area (Å²) in [5, 5.41) is 78.3. The van der Waals surface area contributed by atoms with E-state index in [9.17, 15) is 35.7 Å². The number of ether oxygens (including phenoxy) is 7. The van der Waals surface area contributed by atoms with Crippen molar-refractivity contribution < 1.29 is 68.9 Å². The summed E-state index contributed by atoms with van der Waals surface area (Å²) in [5.74, 6) is -0.831. The van der Waals surface area contributed by atoms with Gasteiger partial charge in [-0.3, -0.25) is 0 Å². The summed E-state index contributed by atoms with van der Waals surface area (Å²) in [6.45, 7) is 1.11. The van der Waals surface area contributed by atoms with Crippen LogP contribution in [0, 0.1) is 0 Å². The van der Waals surface area contributed by atoms with E-state index in [0.29, 0.717) is 71.8 Å². The fraction of sp³-hybridized carbons (Fsp3) is 0.478. The number of hydrogen-bond donors (Lipinski definition) is 7. The summed E-state index contributed by atoms with van der Waals surface area (Å²) in [6, 6.07) is 25.0. The maximum Gasteiger partial charge on any atom is 0.225 e. The Kier molecular flexibility index (Phi) is 14.4. The molecule has 0 saturated carbocycles. The van der Waals surface area contributed by atoms with Crippen LogP contribution in [0.5, 0.6) is 11.5 Å². The maximum atomic E-state index is 11.7. The quantitative estimate of drug-likeness (QED) is 0.0970. The fourth-order valence-corrected chi connectivity index (χ4v) is 8.76. The van der Waals surface area contributed by atoms with Crippen LogP contribution in [0.3, 0.4) is 0 Å². The molecule has 0 bridgehead atoms. The van der Waals surface area contributed by atoms with E-state index < -0.39 is 73.9 Å². The maximum absolute atomic E-state index is 11.7. The molecule has 4 fully saturated rings.